The van der Waals surface area contributed by atoms with Crippen LogP contribution in [0, 0.1) is 0 Å². The van der Waals surface area contributed by atoms with E-state index in [1.54, 1.807) is 0 Å². The Kier molecular flexibility index (Phi) is 4.32. The summed E-state index contributed by atoms with van der Waals surface area (Å²) in [5.74, 6) is -0.871. The molecule has 0 saturated carbocycles. The first kappa shape index (κ1) is 8.97. The minimum Gasteiger partial charge on any atom is -0.456 e. The summed E-state index contributed by atoms with van der Waals surface area (Å²) in [7, 11) is 0. The Bertz CT molecular complexity index is 166. The van der Waals surface area contributed by atoms with Gasteiger partial charge in [-0.1, -0.05) is 29.4 Å². The van der Waals surface area contributed by atoms with Gasteiger partial charge in [0.15, 0.2) is 0 Å². The van der Waals surface area contributed by atoms with Gasteiger partial charge in [0.2, 0.25) is 0 Å². The number of halogens is 1. The quantitative estimate of drug-likeness (QED) is 0.220. The standard InChI is InChI=1S/C5H6ClNO3/c1-2-3-10-5(8)4(6)7-9/h2,9H,1,3H2. The topological polar surface area (TPSA) is 58.9 Å². The van der Waals surface area contributed by atoms with Crippen molar-refractivity contribution in [3.8, 4) is 0 Å². The number of hydrogen-bond donors (Lipinski definition) is 1. The zero-order valence-electron chi connectivity index (χ0n) is 5.08. The fraction of sp³-hybridized carbons (Fsp3) is 0.200. The first-order valence-electron chi connectivity index (χ1n) is 2.38. The summed E-state index contributed by atoms with van der Waals surface area (Å²) in [6, 6.07) is 0. The van der Waals surface area contributed by atoms with E-state index in [0.29, 0.717) is 0 Å². The molecular weight excluding hydrogens is 158 g/mol. The Hall–Kier alpha value is -1.03. The van der Waals surface area contributed by atoms with E-state index < -0.39 is 11.1 Å². The van der Waals surface area contributed by atoms with Crippen LogP contribution in [0.15, 0.2) is 17.8 Å². The minimum atomic E-state index is -0.871. The van der Waals surface area contributed by atoms with Gasteiger partial charge in [0.25, 0.3) is 5.17 Å². The van der Waals surface area contributed by atoms with Crippen LogP contribution in [0.2, 0.25) is 0 Å². The normalized spacial score (nSPS) is 10.7. The van der Waals surface area contributed by atoms with Crippen LogP contribution in [0.4, 0.5) is 0 Å². The summed E-state index contributed by atoms with van der Waals surface area (Å²) in [6.07, 6.45) is 1.37. The smallest absolute Gasteiger partial charge is 0.372 e. The molecule has 10 heavy (non-hydrogen) atoms. The van der Waals surface area contributed by atoms with Crippen molar-refractivity contribution in [1.29, 1.82) is 0 Å². The van der Waals surface area contributed by atoms with Gasteiger partial charge in [0.05, 0.1) is 0 Å². The van der Waals surface area contributed by atoms with Crippen LogP contribution in [0.5, 0.6) is 0 Å². The molecule has 0 aromatic rings. The fourth-order valence-corrected chi connectivity index (χ4v) is 0.290. The van der Waals surface area contributed by atoms with Gasteiger partial charge in [0, 0.05) is 0 Å². The molecule has 0 aliphatic heterocycles. The highest BCUT2D eigenvalue weighted by molar-refractivity contribution is 6.81. The second kappa shape index (κ2) is 4.81. The van der Waals surface area contributed by atoms with Crippen molar-refractivity contribution in [1.82, 2.24) is 0 Å². The number of oxime groups is 1. The zero-order chi connectivity index (χ0) is 7.98. The molecular formula is C5H6ClNO3. The molecule has 4 nitrogen and oxygen atoms in total. The molecule has 0 spiro atoms. The lowest BCUT2D eigenvalue weighted by molar-refractivity contribution is -0.134. The number of nitrogens with zero attached hydrogens (tertiary/aromatic N) is 1. The summed E-state index contributed by atoms with van der Waals surface area (Å²) < 4.78 is 4.36. The second-order valence-corrected chi connectivity index (χ2v) is 1.64. The molecule has 0 unspecified atom stereocenters. The Morgan fingerprint density at radius 3 is 2.90 bits per heavy atom. The lowest BCUT2D eigenvalue weighted by Crippen LogP contribution is -2.11. The van der Waals surface area contributed by atoms with Crippen molar-refractivity contribution in [2.24, 2.45) is 5.16 Å². The zero-order valence-corrected chi connectivity index (χ0v) is 5.84. The molecule has 1 N–H and O–H groups in total. The summed E-state index contributed by atoms with van der Waals surface area (Å²) in [5, 5.41) is 9.75. The fourth-order valence-electron chi connectivity index (χ4n) is 0.235. The van der Waals surface area contributed by atoms with E-state index >= 15 is 0 Å². The third kappa shape index (κ3) is 3.09. The maximum Gasteiger partial charge on any atom is 0.372 e. The SMILES string of the molecule is C=CCOC(=O)C(Cl)=NO. The Labute approximate surface area is 62.7 Å². The summed E-state index contributed by atoms with van der Waals surface area (Å²) in [4.78, 5) is 10.4. The van der Waals surface area contributed by atoms with Crippen molar-refractivity contribution in [2.45, 2.75) is 0 Å². The van der Waals surface area contributed by atoms with Gasteiger partial charge in [-0.05, 0) is 0 Å². The lowest BCUT2D eigenvalue weighted by Gasteiger charge is -1.95. The van der Waals surface area contributed by atoms with Gasteiger partial charge < -0.3 is 9.94 Å². The predicted molar refractivity (Wildman–Crippen MR) is 36.2 cm³/mol. The molecule has 0 bridgehead atoms. The minimum absolute atomic E-state index is 0.0462. The van der Waals surface area contributed by atoms with Crippen LogP contribution in [-0.4, -0.2) is 23.0 Å². The molecule has 0 atom stereocenters. The van der Waals surface area contributed by atoms with Crippen molar-refractivity contribution in [3.05, 3.63) is 12.7 Å². The van der Waals surface area contributed by atoms with Gasteiger partial charge >= 0.3 is 5.97 Å². The highest BCUT2D eigenvalue weighted by Gasteiger charge is 2.08. The van der Waals surface area contributed by atoms with Crippen molar-refractivity contribution < 1.29 is 14.7 Å². The van der Waals surface area contributed by atoms with Crippen LogP contribution in [0.1, 0.15) is 0 Å². The number of rotatable bonds is 3. The molecule has 0 heterocycles. The van der Waals surface area contributed by atoms with Gasteiger partial charge in [-0.15, -0.1) is 0 Å². The molecule has 0 radical (unpaired) electrons. The third-order valence-electron chi connectivity index (χ3n) is 0.589. The van der Waals surface area contributed by atoms with E-state index in [4.69, 9.17) is 16.8 Å². The Morgan fingerprint density at radius 2 is 2.50 bits per heavy atom. The van der Waals surface area contributed by atoms with E-state index in [-0.39, 0.29) is 6.61 Å². The number of hydrogen-bond acceptors (Lipinski definition) is 4. The highest BCUT2D eigenvalue weighted by Crippen LogP contribution is 1.88. The maximum absolute atomic E-state index is 10.4. The van der Waals surface area contributed by atoms with E-state index in [1.165, 1.54) is 6.08 Å². The molecule has 56 valence electrons. The average Bonchev–Trinajstić information content (AvgIpc) is 1.98. The number of ether oxygens (including phenoxy) is 1. The second-order valence-electron chi connectivity index (χ2n) is 1.28. The molecule has 0 aromatic heterocycles. The van der Waals surface area contributed by atoms with Crippen molar-refractivity contribution >= 4 is 22.7 Å². The molecule has 0 aliphatic rings. The third-order valence-corrected chi connectivity index (χ3v) is 0.818. The molecule has 0 rings (SSSR count). The Morgan fingerprint density at radius 1 is 1.90 bits per heavy atom. The van der Waals surface area contributed by atoms with Gasteiger partial charge in [0.1, 0.15) is 6.61 Å². The van der Waals surface area contributed by atoms with Gasteiger partial charge in [-0.25, -0.2) is 4.79 Å². The van der Waals surface area contributed by atoms with E-state index in [9.17, 15) is 4.79 Å². The van der Waals surface area contributed by atoms with Crippen LogP contribution >= 0.6 is 11.6 Å². The van der Waals surface area contributed by atoms with Crippen LogP contribution in [0.3, 0.4) is 0 Å². The van der Waals surface area contributed by atoms with Crippen molar-refractivity contribution in [2.75, 3.05) is 6.61 Å². The van der Waals surface area contributed by atoms with Crippen molar-refractivity contribution in [3.63, 3.8) is 0 Å². The molecule has 0 saturated heterocycles. The van der Waals surface area contributed by atoms with Gasteiger partial charge in [-0.2, -0.15) is 0 Å². The predicted octanol–water partition coefficient (Wildman–Crippen LogP) is 0.742. The number of esters is 1. The van der Waals surface area contributed by atoms with E-state index in [0.717, 1.165) is 0 Å². The molecule has 0 aromatic carbocycles. The van der Waals surface area contributed by atoms with Crippen LogP contribution < -0.4 is 0 Å². The monoisotopic (exact) mass is 163 g/mol. The first-order chi connectivity index (χ1) is 4.72. The van der Waals surface area contributed by atoms with Gasteiger partial charge in [-0.3, -0.25) is 0 Å². The van der Waals surface area contributed by atoms with Crippen LogP contribution in [0.25, 0.3) is 0 Å². The molecule has 0 aliphatic carbocycles. The summed E-state index contributed by atoms with van der Waals surface area (Å²) >= 11 is 5.04. The number of carbonyl (C=O) groups excluding carboxylic acids is 1. The average molecular weight is 164 g/mol. The Balaban J connectivity index is 3.74. The van der Waals surface area contributed by atoms with E-state index in [2.05, 4.69) is 16.5 Å². The van der Waals surface area contributed by atoms with E-state index in [1.807, 2.05) is 0 Å². The largest absolute Gasteiger partial charge is 0.456 e. The number of carbonyl (C=O) groups is 1. The highest BCUT2D eigenvalue weighted by atomic mass is 35.5. The molecule has 5 heteroatoms. The maximum atomic E-state index is 10.4. The molecule has 0 amide bonds. The lowest BCUT2D eigenvalue weighted by atomic mass is 10.7. The first-order valence-corrected chi connectivity index (χ1v) is 2.75. The molecule has 0 fully saturated rings. The van der Waals surface area contributed by atoms with Crippen LogP contribution in [-0.2, 0) is 9.53 Å². The summed E-state index contributed by atoms with van der Waals surface area (Å²) in [5.41, 5.74) is 0. The summed E-state index contributed by atoms with van der Waals surface area (Å²) in [6.45, 7) is 3.34.